The number of allylic oxidation sites excluding steroid dienone is 1. The lowest BCUT2D eigenvalue weighted by molar-refractivity contribution is 0.104. The molecule has 0 aliphatic heterocycles. The average molecular weight is 370 g/mol. The van der Waals surface area contributed by atoms with Crippen LogP contribution in [0, 0.1) is 0 Å². The molecule has 2 aromatic carbocycles. The lowest BCUT2D eigenvalue weighted by Gasteiger charge is -2.14. The molecule has 0 bridgehead atoms. The Morgan fingerprint density at radius 3 is 2.30 bits per heavy atom. The van der Waals surface area contributed by atoms with Crippen molar-refractivity contribution in [3.05, 3.63) is 53.6 Å². The number of rotatable bonds is 10. The van der Waals surface area contributed by atoms with E-state index in [1.54, 1.807) is 37.5 Å². The number of benzene rings is 2. The van der Waals surface area contributed by atoms with Crippen LogP contribution >= 0.6 is 0 Å². The first-order chi connectivity index (χ1) is 13.1. The van der Waals surface area contributed by atoms with Crippen LogP contribution in [0.4, 0.5) is 0 Å². The normalized spacial score (nSPS) is 10.7. The number of carbonyl (C=O) groups is 1. The summed E-state index contributed by atoms with van der Waals surface area (Å²) < 4.78 is 22.2. The van der Waals surface area contributed by atoms with Gasteiger partial charge in [0.05, 0.1) is 26.9 Å². The van der Waals surface area contributed by atoms with Gasteiger partial charge in [-0.25, -0.2) is 0 Å². The van der Waals surface area contributed by atoms with Crippen molar-refractivity contribution in [2.45, 2.75) is 20.8 Å². The van der Waals surface area contributed by atoms with Gasteiger partial charge in [-0.1, -0.05) is 12.1 Å². The van der Waals surface area contributed by atoms with Crippen LogP contribution in [-0.2, 0) is 0 Å². The van der Waals surface area contributed by atoms with E-state index in [0.717, 1.165) is 0 Å². The van der Waals surface area contributed by atoms with Crippen LogP contribution in [0.2, 0.25) is 0 Å². The molecule has 0 saturated heterocycles. The van der Waals surface area contributed by atoms with E-state index in [4.69, 9.17) is 18.9 Å². The maximum atomic E-state index is 12.6. The van der Waals surface area contributed by atoms with Gasteiger partial charge < -0.3 is 18.9 Å². The highest BCUT2D eigenvalue weighted by atomic mass is 16.5. The van der Waals surface area contributed by atoms with Gasteiger partial charge in [0.1, 0.15) is 11.5 Å². The van der Waals surface area contributed by atoms with E-state index in [0.29, 0.717) is 53.9 Å². The van der Waals surface area contributed by atoms with Gasteiger partial charge in [-0.3, -0.25) is 4.79 Å². The quantitative estimate of drug-likeness (QED) is 0.445. The fourth-order valence-electron chi connectivity index (χ4n) is 2.59. The van der Waals surface area contributed by atoms with Gasteiger partial charge in [0.25, 0.3) is 0 Å². The summed E-state index contributed by atoms with van der Waals surface area (Å²) in [5.74, 6) is 2.35. The minimum Gasteiger partial charge on any atom is -0.494 e. The monoisotopic (exact) mass is 370 g/mol. The molecule has 2 aromatic rings. The third kappa shape index (κ3) is 5.51. The van der Waals surface area contributed by atoms with Gasteiger partial charge >= 0.3 is 0 Å². The molecular weight excluding hydrogens is 344 g/mol. The maximum absolute atomic E-state index is 12.6. The Hall–Kier alpha value is -2.95. The van der Waals surface area contributed by atoms with Crippen LogP contribution < -0.4 is 18.9 Å². The van der Waals surface area contributed by atoms with Crippen LogP contribution in [0.1, 0.15) is 36.7 Å². The smallest absolute Gasteiger partial charge is 0.185 e. The van der Waals surface area contributed by atoms with Crippen molar-refractivity contribution in [3.63, 3.8) is 0 Å². The Morgan fingerprint density at radius 1 is 0.926 bits per heavy atom. The summed E-state index contributed by atoms with van der Waals surface area (Å²) in [7, 11) is 1.57. The Balaban J connectivity index is 2.34. The van der Waals surface area contributed by atoms with E-state index in [2.05, 4.69) is 0 Å². The van der Waals surface area contributed by atoms with Crippen LogP contribution in [0.25, 0.3) is 6.08 Å². The van der Waals surface area contributed by atoms with Crippen molar-refractivity contribution in [2.75, 3.05) is 26.9 Å². The minimum atomic E-state index is -0.125. The second kappa shape index (κ2) is 10.3. The van der Waals surface area contributed by atoms with Crippen molar-refractivity contribution in [1.82, 2.24) is 0 Å². The summed E-state index contributed by atoms with van der Waals surface area (Å²) in [6, 6.07) is 10.7. The van der Waals surface area contributed by atoms with E-state index in [1.165, 1.54) is 6.08 Å². The van der Waals surface area contributed by atoms with Crippen molar-refractivity contribution in [1.29, 1.82) is 0 Å². The second-order valence-corrected chi connectivity index (χ2v) is 5.57. The van der Waals surface area contributed by atoms with Gasteiger partial charge in [-0.05, 0) is 51.1 Å². The molecular formula is C22H26O5. The molecule has 0 N–H and O–H groups in total. The summed E-state index contributed by atoms with van der Waals surface area (Å²) in [4.78, 5) is 12.6. The van der Waals surface area contributed by atoms with Crippen LogP contribution in [-0.4, -0.2) is 32.7 Å². The first-order valence-electron chi connectivity index (χ1n) is 9.05. The SMILES string of the molecule is CCOc1cccc(C(=O)C=Cc2cc(OCC)cc(OC)c2OCC)c1. The number of hydrogen-bond acceptors (Lipinski definition) is 5. The van der Waals surface area contributed by atoms with Crippen LogP contribution in [0.3, 0.4) is 0 Å². The third-order valence-electron chi connectivity index (χ3n) is 3.72. The minimum absolute atomic E-state index is 0.125. The number of carbonyl (C=O) groups excluding carboxylic acids is 1. The summed E-state index contributed by atoms with van der Waals surface area (Å²) in [6.07, 6.45) is 3.23. The lowest BCUT2D eigenvalue weighted by atomic mass is 10.1. The third-order valence-corrected chi connectivity index (χ3v) is 3.72. The van der Waals surface area contributed by atoms with Crippen molar-refractivity contribution >= 4 is 11.9 Å². The Labute approximate surface area is 160 Å². The first-order valence-corrected chi connectivity index (χ1v) is 9.05. The van der Waals surface area contributed by atoms with E-state index < -0.39 is 0 Å². The molecule has 5 heteroatoms. The molecule has 0 fully saturated rings. The Kier molecular flexibility index (Phi) is 7.74. The van der Waals surface area contributed by atoms with Crippen molar-refractivity contribution < 1.29 is 23.7 Å². The standard InChI is InChI=1S/C22H26O5/c1-5-25-18-10-8-9-16(13-18)20(23)12-11-17-14-19(26-6-2)15-21(24-4)22(17)27-7-3/h8-15H,5-7H2,1-4H3. The lowest BCUT2D eigenvalue weighted by Crippen LogP contribution is -2.00. The molecule has 0 atom stereocenters. The molecule has 144 valence electrons. The molecule has 0 saturated carbocycles. The topological polar surface area (TPSA) is 54.0 Å². The highest BCUT2D eigenvalue weighted by Crippen LogP contribution is 2.37. The van der Waals surface area contributed by atoms with E-state index >= 15 is 0 Å². The fraction of sp³-hybridized carbons (Fsp3) is 0.318. The van der Waals surface area contributed by atoms with Crippen molar-refractivity contribution in [3.8, 4) is 23.0 Å². The van der Waals surface area contributed by atoms with Crippen LogP contribution in [0.15, 0.2) is 42.5 Å². The predicted molar refractivity (Wildman–Crippen MR) is 106 cm³/mol. The van der Waals surface area contributed by atoms with Gasteiger partial charge in [-0.2, -0.15) is 0 Å². The van der Waals surface area contributed by atoms with E-state index in [9.17, 15) is 4.79 Å². The zero-order valence-corrected chi connectivity index (χ0v) is 16.3. The number of hydrogen-bond donors (Lipinski definition) is 0. The number of methoxy groups -OCH3 is 1. The molecule has 5 nitrogen and oxygen atoms in total. The molecule has 0 aliphatic rings. The molecule has 0 spiro atoms. The zero-order valence-electron chi connectivity index (χ0n) is 16.3. The summed E-state index contributed by atoms with van der Waals surface area (Å²) >= 11 is 0. The van der Waals surface area contributed by atoms with Crippen molar-refractivity contribution in [2.24, 2.45) is 0 Å². The molecule has 27 heavy (non-hydrogen) atoms. The van der Waals surface area contributed by atoms with Gasteiger partial charge in [0.2, 0.25) is 0 Å². The van der Waals surface area contributed by atoms with Crippen LogP contribution in [0.5, 0.6) is 23.0 Å². The highest BCUT2D eigenvalue weighted by molar-refractivity contribution is 6.07. The second-order valence-electron chi connectivity index (χ2n) is 5.57. The van der Waals surface area contributed by atoms with E-state index in [1.807, 2.05) is 32.9 Å². The number of ketones is 1. The van der Waals surface area contributed by atoms with E-state index in [-0.39, 0.29) is 5.78 Å². The van der Waals surface area contributed by atoms with Gasteiger partial charge in [0.15, 0.2) is 17.3 Å². The predicted octanol–water partition coefficient (Wildman–Crippen LogP) is 4.79. The summed E-state index contributed by atoms with van der Waals surface area (Å²) in [6.45, 7) is 7.28. The molecule has 0 radical (unpaired) electrons. The number of ether oxygens (including phenoxy) is 4. The highest BCUT2D eigenvalue weighted by Gasteiger charge is 2.13. The Bertz CT molecular complexity index is 795. The fourth-order valence-corrected chi connectivity index (χ4v) is 2.59. The average Bonchev–Trinajstić information content (AvgIpc) is 2.68. The zero-order chi connectivity index (χ0) is 19.6. The maximum Gasteiger partial charge on any atom is 0.185 e. The molecule has 2 rings (SSSR count). The first kappa shape index (κ1) is 20.4. The summed E-state index contributed by atoms with van der Waals surface area (Å²) in [5, 5.41) is 0. The largest absolute Gasteiger partial charge is 0.494 e. The molecule has 0 amide bonds. The molecule has 0 aromatic heterocycles. The van der Waals surface area contributed by atoms with Gasteiger partial charge in [-0.15, -0.1) is 0 Å². The van der Waals surface area contributed by atoms with Gasteiger partial charge in [0, 0.05) is 17.2 Å². The molecule has 0 aliphatic carbocycles. The molecule has 0 unspecified atom stereocenters. The summed E-state index contributed by atoms with van der Waals surface area (Å²) in [5.41, 5.74) is 1.28. The molecule has 0 heterocycles. The Morgan fingerprint density at radius 2 is 1.63 bits per heavy atom.